The summed E-state index contributed by atoms with van der Waals surface area (Å²) in [6.45, 7) is 2.86. The van der Waals surface area contributed by atoms with E-state index >= 15 is 0 Å². The van der Waals surface area contributed by atoms with Gasteiger partial charge in [0.2, 0.25) is 5.82 Å². The maximum absolute atomic E-state index is 6.45. The van der Waals surface area contributed by atoms with Crippen molar-refractivity contribution in [2.75, 3.05) is 0 Å². The number of H-pyrrole nitrogens is 1. The normalized spacial score (nSPS) is 11.9. The highest BCUT2D eigenvalue weighted by molar-refractivity contribution is 7.10. The Hall–Kier alpha value is -2.77. The van der Waals surface area contributed by atoms with Crippen molar-refractivity contribution in [1.29, 1.82) is 0 Å². The van der Waals surface area contributed by atoms with Gasteiger partial charge in [0.15, 0.2) is 0 Å². The second-order valence-electron chi connectivity index (χ2n) is 7.04. The number of hydrogen-bond donors (Lipinski definition) is 1. The summed E-state index contributed by atoms with van der Waals surface area (Å²) in [6.07, 6.45) is 7.92. The Labute approximate surface area is 184 Å². The van der Waals surface area contributed by atoms with Crippen molar-refractivity contribution in [3.05, 3.63) is 80.8 Å². The van der Waals surface area contributed by atoms with Crippen LogP contribution >= 0.6 is 22.9 Å². The van der Waals surface area contributed by atoms with E-state index in [-0.39, 0.29) is 0 Å². The van der Waals surface area contributed by atoms with Crippen molar-refractivity contribution >= 4 is 34.6 Å². The lowest BCUT2D eigenvalue weighted by Gasteiger charge is -2.12. The number of benzene rings is 1. The van der Waals surface area contributed by atoms with Crippen LogP contribution in [0, 0.1) is 0 Å². The Balaban J connectivity index is 1.74. The first-order valence-corrected chi connectivity index (χ1v) is 11.2. The summed E-state index contributed by atoms with van der Waals surface area (Å²) in [5, 5.41) is 17.6. The maximum atomic E-state index is 6.45. The quantitative estimate of drug-likeness (QED) is 0.385. The second-order valence-corrected chi connectivity index (χ2v) is 8.48. The van der Waals surface area contributed by atoms with Gasteiger partial charge in [0.1, 0.15) is 5.82 Å². The Morgan fingerprint density at radius 3 is 2.87 bits per heavy atom. The molecule has 0 aliphatic carbocycles. The summed E-state index contributed by atoms with van der Waals surface area (Å²) < 4.78 is 2.24. The van der Waals surface area contributed by atoms with E-state index in [9.17, 15) is 0 Å². The lowest BCUT2D eigenvalue weighted by Crippen LogP contribution is -2.08. The van der Waals surface area contributed by atoms with Crippen molar-refractivity contribution in [3.63, 3.8) is 0 Å². The molecule has 0 bridgehead atoms. The summed E-state index contributed by atoms with van der Waals surface area (Å²) in [6, 6.07) is 12.1. The van der Waals surface area contributed by atoms with Crippen molar-refractivity contribution in [2.45, 2.75) is 39.2 Å². The van der Waals surface area contributed by atoms with E-state index in [2.05, 4.69) is 61.8 Å². The van der Waals surface area contributed by atoms with Gasteiger partial charge in [0, 0.05) is 28.3 Å². The number of aromatic amines is 1. The molecule has 3 heterocycles. The number of nitrogens with zero attached hydrogens (tertiary/aromatic N) is 5. The summed E-state index contributed by atoms with van der Waals surface area (Å²) in [5.74, 6) is 1.66. The number of unbranched alkanes of at least 4 members (excludes halogenated alkanes) is 1. The van der Waals surface area contributed by atoms with Crippen LogP contribution < -0.4 is 0 Å². The van der Waals surface area contributed by atoms with Gasteiger partial charge in [-0.25, -0.2) is 4.98 Å². The Kier molecular flexibility index (Phi) is 6.71. The molecule has 4 aromatic rings. The Bertz CT molecular complexity index is 1100. The maximum Gasteiger partial charge on any atom is 0.201 e. The van der Waals surface area contributed by atoms with Crippen molar-refractivity contribution in [1.82, 2.24) is 30.2 Å². The van der Waals surface area contributed by atoms with E-state index in [0.29, 0.717) is 12.4 Å². The highest BCUT2D eigenvalue weighted by Gasteiger charge is 2.14. The Morgan fingerprint density at radius 2 is 2.13 bits per heavy atom. The average molecular weight is 439 g/mol. The molecule has 0 saturated heterocycles. The lowest BCUT2D eigenvalue weighted by molar-refractivity contribution is 0.675. The molecule has 0 amide bonds. The fourth-order valence-corrected chi connectivity index (χ4v) is 4.25. The molecule has 0 aliphatic rings. The van der Waals surface area contributed by atoms with Crippen LogP contribution in [0.25, 0.3) is 11.6 Å². The topological polar surface area (TPSA) is 72.3 Å². The van der Waals surface area contributed by atoms with Gasteiger partial charge >= 0.3 is 0 Å². The van der Waals surface area contributed by atoms with Crippen LogP contribution in [0.4, 0.5) is 0 Å². The van der Waals surface area contributed by atoms with E-state index in [1.807, 2.05) is 24.4 Å². The van der Waals surface area contributed by atoms with Crippen LogP contribution in [0.2, 0.25) is 5.02 Å². The number of tetrazole rings is 1. The largest absolute Gasteiger partial charge is 0.324 e. The minimum absolute atomic E-state index is 0.601. The van der Waals surface area contributed by atoms with E-state index in [1.165, 1.54) is 4.88 Å². The zero-order chi connectivity index (χ0) is 20.8. The third-order valence-electron chi connectivity index (χ3n) is 4.91. The molecule has 0 atom stereocenters. The highest BCUT2D eigenvalue weighted by atomic mass is 35.5. The predicted octanol–water partition coefficient (Wildman–Crippen LogP) is 5.29. The number of thiophene rings is 1. The van der Waals surface area contributed by atoms with Gasteiger partial charge in [-0.05, 0) is 40.8 Å². The number of aryl methyl sites for hydroxylation is 1. The molecular weight excluding hydrogens is 416 g/mol. The molecule has 6 nitrogen and oxygen atoms in total. The van der Waals surface area contributed by atoms with Crippen molar-refractivity contribution < 1.29 is 0 Å². The number of nitrogens with one attached hydrogen (secondary N) is 1. The zero-order valence-electron chi connectivity index (χ0n) is 16.8. The van der Waals surface area contributed by atoms with Crippen LogP contribution in [-0.4, -0.2) is 30.2 Å². The van der Waals surface area contributed by atoms with Crippen LogP contribution in [0.1, 0.15) is 47.5 Å². The van der Waals surface area contributed by atoms with E-state index in [0.717, 1.165) is 53.4 Å². The number of hydrogen-bond acceptors (Lipinski definition) is 5. The molecular formula is C22H23ClN6S. The summed E-state index contributed by atoms with van der Waals surface area (Å²) in [5.41, 5.74) is 3.08. The molecule has 0 spiro atoms. The van der Waals surface area contributed by atoms with Crippen molar-refractivity contribution in [3.8, 4) is 0 Å². The first-order chi connectivity index (χ1) is 14.7. The molecule has 0 aliphatic heterocycles. The van der Waals surface area contributed by atoms with Crippen molar-refractivity contribution in [2.24, 2.45) is 0 Å². The number of aromatic nitrogens is 6. The minimum atomic E-state index is 0.601. The SMILES string of the molecule is CCCCc1ncc(/C=C(/Cc2cccs2)c2nn[nH]n2)n1Cc1ccccc1Cl. The number of allylic oxidation sites excluding steroid dienone is 1. The molecule has 8 heteroatoms. The fourth-order valence-electron chi connectivity index (χ4n) is 3.33. The van der Waals surface area contributed by atoms with Gasteiger partial charge in [-0.1, -0.05) is 49.2 Å². The highest BCUT2D eigenvalue weighted by Crippen LogP contribution is 2.25. The smallest absolute Gasteiger partial charge is 0.201 e. The van der Waals surface area contributed by atoms with Gasteiger partial charge < -0.3 is 4.57 Å². The molecule has 30 heavy (non-hydrogen) atoms. The average Bonchev–Trinajstić information content (AvgIpc) is 3.51. The van der Waals surface area contributed by atoms with Gasteiger partial charge in [-0.3, -0.25) is 0 Å². The van der Waals surface area contributed by atoms with E-state index < -0.39 is 0 Å². The first-order valence-electron chi connectivity index (χ1n) is 9.99. The summed E-state index contributed by atoms with van der Waals surface area (Å²) >= 11 is 8.17. The van der Waals surface area contributed by atoms with E-state index in [4.69, 9.17) is 16.6 Å². The van der Waals surface area contributed by atoms with Crippen LogP contribution in [0.15, 0.2) is 48.0 Å². The summed E-state index contributed by atoms with van der Waals surface area (Å²) in [7, 11) is 0. The molecule has 154 valence electrons. The number of rotatable bonds is 9. The monoisotopic (exact) mass is 438 g/mol. The summed E-state index contributed by atoms with van der Waals surface area (Å²) in [4.78, 5) is 5.97. The molecule has 1 aromatic carbocycles. The lowest BCUT2D eigenvalue weighted by atomic mass is 10.1. The second kappa shape index (κ2) is 9.82. The van der Waals surface area contributed by atoms with Gasteiger partial charge in [0.05, 0.1) is 18.4 Å². The first kappa shape index (κ1) is 20.5. The third-order valence-corrected chi connectivity index (χ3v) is 6.15. The minimum Gasteiger partial charge on any atom is -0.324 e. The third kappa shape index (κ3) is 4.86. The van der Waals surface area contributed by atoms with Crippen LogP contribution in [0.5, 0.6) is 0 Å². The van der Waals surface area contributed by atoms with Crippen LogP contribution in [-0.2, 0) is 19.4 Å². The number of imidazole rings is 1. The van der Waals surface area contributed by atoms with Crippen LogP contribution in [0.3, 0.4) is 0 Å². The van der Waals surface area contributed by atoms with E-state index in [1.54, 1.807) is 11.3 Å². The zero-order valence-corrected chi connectivity index (χ0v) is 18.3. The molecule has 0 fully saturated rings. The number of halogens is 1. The molecule has 4 rings (SSSR count). The molecule has 0 saturated carbocycles. The molecule has 0 unspecified atom stereocenters. The predicted molar refractivity (Wildman–Crippen MR) is 121 cm³/mol. The van der Waals surface area contributed by atoms with Gasteiger partial charge in [-0.15, -0.1) is 21.5 Å². The molecule has 3 aromatic heterocycles. The fraction of sp³-hybridized carbons (Fsp3) is 0.273. The standard InChI is InChI=1S/C22H23ClN6S/c1-2-3-10-21-24-14-18(29(21)15-16-7-4-5-9-20(16)23)12-17(22-25-27-28-26-22)13-19-8-6-11-30-19/h4-9,11-12,14H,2-3,10,13,15H2,1H3,(H,25,26,27,28)/b17-12-. The molecule has 0 radical (unpaired) electrons. The van der Waals surface area contributed by atoms with Gasteiger partial charge in [-0.2, -0.15) is 5.21 Å². The van der Waals surface area contributed by atoms with Gasteiger partial charge in [0.25, 0.3) is 0 Å². The molecule has 1 N–H and O–H groups in total. The Morgan fingerprint density at radius 1 is 1.23 bits per heavy atom.